The van der Waals surface area contributed by atoms with E-state index in [4.69, 9.17) is 0 Å². The van der Waals surface area contributed by atoms with Crippen molar-refractivity contribution >= 4 is 12.4 Å². The van der Waals surface area contributed by atoms with Crippen LogP contribution < -0.4 is 12.4 Å². The van der Waals surface area contributed by atoms with E-state index in [1.54, 1.807) is 0 Å². The molecule has 0 saturated carbocycles. The lowest BCUT2D eigenvalue weighted by Crippen LogP contribution is -3.00. The Kier molecular flexibility index (Phi) is 11.1. The second kappa shape index (κ2) is 10.2. The predicted molar refractivity (Wildman–Crippen MR) is 86.2 cm³/mol. The van der Waals surface area contributed by atoms with Crippen LogP contribution in [0.1, 0.15) is 0 Å². The molecule has 0 N–H and O–H groups in total. The molecule has 0 aromatic heterocycles. The molecule has 0 radical (unpaired) electrons. The molecule has 1 aliphatic rings. The summed E-state index contributed by atoms with van der Waals surface area (Å²) in [5.41, 5.74) is 0. The molecule has 0 spiro atoms. The number of hydrogen-bond acceptors (Lipinski definition) is 0. The summed E-state index contributed by atoms with van der Waals surface area (Å²) in [6, 6.07) is 0. The van der Waals surface area contributed by atoms with Gasteiger partial charge in [-0.15, -0.1) is 12.4 Å². The molecule has 116 valence electrons. The van der Waals surface area contributed by atoms with Crippen molar-refractivity contribution in [3.8, 4) is 0 Å². The summed E-state index contributed by atoms with van der Waals surface area (Å²) in [4.78, 5) is 0. The van der Waals surface area contributed by atoms with Gasteiger partial charge in [0, 0.05) is 0 Å². The molecule has 0 amide bonds. The molecule has 1 fully saturated rings. The van der Waals surface area contributed by atoms with E-state index in [1.165, 1.54) is 13.1 Å². The van der Waals surface area contributed by atoms with E-state index in [0.717, 1.165) is 48.2 Å². The smallest absolute Gasteiger partial charge is 0.129 e. The van der Waals surface area contributed by atoms with Crippen molar-refractivity contribution in [1.29, 1.82) is 0 Å². The summed E-state index contributed by atoms with van der Waals surface area (Å²) in [6.45, 7) is 24.2. The third kappa shape index (κ3) is 5.45. The number of hydrogen-bond donors (Lipinski definition) is 0. The van der Waals surface area contributed by atoms with Gasteiger partial charge in [-0.3, -0.25) is 6.58 Å². The molecular formula is C16H28Cl2N2. The summed E-state index contributed by atoms with van der Waals surface area (Å²) >= 11 is 0. The van der Waals surface area contributed by atoms with Gasteiger partial charge in [-0.1, -0.05) is 19.7 Å². The summed E-state index contributed by atoms with van der Waals surface area (Å²) in [6.07, 6.45) is 9.18. The monoisotopic (exact) mass is 318 g/mol. The van der Waals surface area contributed by atoms with Gasteiger partial charge in [-0.25, -0.2) is 0 Å². The van der Waals surface area contributed by atoms with Crippen LogP contribution in [0.2, 0.25) is 0 Å². The molecular weight excluding hydrogens is 291 g/mol. The highest BCUT2D eigenvalue weighted by Gasteiger charge is 2.38. The van der Waals surface area contributed by atoms with Gasteiger partial charge < -0.3 is 27.4 Å². The molecule has 1 saturated heterocycles. The van der Waals surface area contributed by atoms with E-state index in [9.17, 15) is 0 Å². The van der Waals surface area contributed by atoms with Crippen molar-refractivity contribution in [3.63, 3.8) is 0 Å². The molecule has 0 aliphatic carbocycles. The molecule has 1 aliphatic heterocycles. The highest BCUT2D eigenvalue weighted by Crippen LogP contribution is 2.20. The van der Waals surface area contributed by atoms with Crippen LogP contribution in [0.3, 0.4) is 0 Å². The van der Waals surface area contributed by atoms with Gasteiger partial charge in [-0.05, 0) is 24.8 Å². The highest BCUT2D eigenvalue weighted by molar-refractivity contribution is 5.85. The minimum Gasteiger partial charge on any atom is -1.00 e. The van der Waals surface area contributed by atoms with E-state index >= 15 is 0 Å². The molecule has 0 aromatic rings. The molecule has 0 atom stereocenters. The molecule has 1 heterocycles. The van der Waals surface area contributed by atoms with E-state index < -0.39 is 0 Å². The lowest BCUT2D eigenvalue weighted by Gasteiger charge is -2.50. The summed E-state index contributed by atoms with van der Waals surface area (Å²) < 4.78 is 2.16. The Labute approximate surface area is 137 Å². The van der Waals surface area contributed by atoms with Crippen LogP contribution in [-0.2, 0) is 0 Å². The van der Waals surface area contributed by atoms with Crippen LogP contribution in [0, 0.1) is 6.08 Å². The largest absolute Gasteiger partial charge is 1.00 e. The van der Waals surface area contributed by atoms with E-state index in [-0.39, 0.29) is 24.8 Å². The van der Waals surface area contributed by atoms with Crippen LogP contribution in [-0.4, -0.2) is 61.3 Å². The number of piperazine rings is 1. The zero-order valence-electron chi connectivity index (χ0n) is 12.4. The average Bonchev–Trinajstić information content (AvgIpc) is 2.35. The Morgan fingerprint density at radius 1 is 0.800 bits per heavy atom. The average molecular weight is 319 g/mol. The Morgan fingerprint density at radius 2 is 1.15 bits per heavy atom. The van der Waals surface area contributed by atoms with Crippen molar-refractivity contribution in [2.45, 2.75) is 0 Å². The van der Waals surface area contributed by atoms with Gasteiger partial charge in [0.05, 0.1) is 19.6 Å². The minimum atomic E-state index is 0. The van der Waals surface area contributed by atoms with Crippen molar-refractivity contribution in [3.05, 3.63) is 50.6 Å². The maximum Gasteiger partial charge on any atom is 0.129 e. The van der Waals surface area contributed by atoms with Gasteiger partial charge in [-0.2, -0.15) is 0 Å². The lowest BCUT2D eigenvalue weighted by atomic mass is 10.1. The first-order valence-corrected chi connectivity index (χ1v) is 6.69. The van der Waals surface area contributed by atoms with Crippen molar-refractivity contribution in [2.75, 3.05) is 52.4 Å². The van der Waals surface area contributed by atoms with Gasteiger partial charge in [0.2, 0.25) is 0 Å². The van der Waals surface area contributed by atoms with E-state index in [1.807, 2.05) is 18.2 Å². The topological polar surface area (TPSA) is 0 Å². The quantitative estimate of drug-likeness (QED) is 0.325. The fraction of sp³-hybridized carbons (Fsp3) is 0.500. The van der Waals surface area contributed by atoms with Gasteiger partial charge in [0.25, 0.3) is 0 Å². The molecule has 0 unspecified atom stereocenters. The van der Waals surface area contributed by atoms with Crippen molar-refractivity contribution in [1.82, 2.24) is 0 Å². The molecule has 2 nitrogen and oxygen atoms in total. The van der Waals surface area contributed by atoms with E-state index in [0.29, 0.717) is 0 Å². The SMILES string of the molecule is C=[C-]C[N+]1(CC=C)CC[N+](CC=C)(CC=C)CC1.Cl.[Cl-]. The standard InChI is InChI=1S/C16H27N2.2ClH/c1-5-9-17(10-6-2)13-15-18(11-7-3,12-8-4)16-14-17;;/h5-7H,1-4,9-16H2;2*1H/q+1;;/p-1. The number of rotatable bonds is 8. The minimum absolute atomic E-state index is 0. The first-order chi connectivity index (χ1) is 8.66. The number of halogens is 2. The van der Waals surface area contributed by atoms with Crippen LogP contribution in [0.15, 0.2) is 44.5 Å². The lowest BCUT2D eigenvalue weighted by molar-refractivity contribution is -1.02. The zero-order chi connectivity index (χ0) is 13.5. The normalized spacial score (nSPS) is 18.8. The van der Waals surface area contributed by atoms with Crippen molar-refractivity contribution < 1.29 is 21.4 Å². The van der Waals surface area contributed by atoms with Gasteiger partial charge in [0.1, 0.15) is 26.2 Å². The summed E-state index contributed by atoms with van der Waals surface area (Å²) in [5, 5.41) is 0. The molecule has 20 heavy (non-hydrogen) atoms. The Hall–Kier alpha value is -0.540. The maximum atomic E-state index is 3.90. The maximum absolute atomic E-state index is 3.90. The molecule has 1 rings (SSSR count). The van der Waals surface area contributed by atoms with Crippen LogP contribution in [0.5, 0.6) is 0 Å². The third-order valence-electron chi connectivity index (χ3n) is 4.09. The second-order valence-corrected chi connectivity index (χ2v) is 5.40. The van der Waals surface area contributed by atoms with Crippen molar-refractivity contribution in [2.24, 2.45) is 0 Å². The van der Waals surface area contributed by atoms with Crippen LogP contribution in [0.4, 0.5) is 0 Å². The predicted octanol–water partition coefficient (Wildman–Crippen LogP) is -0.393. The van der Waals surface area contributed by atoms with Gasteiger partial charge >= 0.3 is 0 Å². The first-order valence-electron chi connectivity index (χ1n) is 6.69. The Balaban J connectivity index is 0. The zero-order valence-corrected chi connectivity index (χ0v) is 14.0. The Bertz CT molecular complexity index is 262. The Morgan fingerprint density at radius 3 is 1.50 bits per heavy atom. The van der Waals surface area contributed by atoms with Crippen LogP contribution >= 0.6 is 12.4 Å². The highest BCUT2D eigenvalue weighted by atomic mass is 35.5. The molecule has 0 aromatic carbocycles. The summed E-state index contributed by atoms with van der Waals surface area (Å²) in [5.74, 6) is 0. The fourth-order valence-corrected chi connectivity index (χ4v) is 2.98. The number of quaternary nitrogens is 2. The third-order valence-corrected chi connectivity index (χ3v) is 4.09. The first kappa shape index (κ1) is 21.8. The van der Waals surface area contributed by atoms with E-state index in [2.05, 4.69) is 32.4 Å². The summed E-state index contributed by atoms with van der Waals surface area (Å²) in [7, 11) is 0. The molecule has 4 heteroatoms. The van der Waals surface area contributed by atoms with Crippen LogP contribution in [0.25, 0.3) is 0 Å². The number of nitrogens with zero attached hydrogens (tertiary/aromatic N) is 2. The fourth-order valence-electron chi connectivity index (χ4n) is 2.98. The molecule has 0 bridgehead atoms. The van der Waals surface area contributed by atoms with Gasteiger partial charge in [0.15, 0.2) is 0 Å². The second-order valence-electron chi connectivity index (χ2n) is 5.40.